The molecule has 0 atom stereocenters. The average Bonchev–Trinajstić information content (AvgIpc) is 2.71. The Kier molecular flexibility index (Phi) is 2.56. The van der Waals surface area contributed by atoms with Crippen molar-refractivity contribution in [3.8, 4) is 11.4 Å². The first-order chi connectivity index (χ1) is 8.65. The SMILES string of the molecule is Cc1cccc(N)c1-c1nc2ncc(Br)cc2[nH]1. The molecule has 0 unspecified atom stereocenters. The van der Waals surface area contributed by atoms with Gasteiger partial charge in [0.25, 0.3) is 0 Å². The van der Waals surface area contributed by atoms with Crippen molar-refractivity contribution in [1.82, 2.24) is 15.0 Å². The molecule has 3 aromatic rings. The number of aryl methyl sites for hydroxylation is 1. The Labute approximate surface area is 112 Å². The number of imidazole rings is 1. The Hall–Kier alpha value is -1.88. The molecule has 0 aliphatic carbocycles. The van der Waals surface area contributed by atoms with Crippen LogP contribution in [0.15, 0.2) is 34.9 Å². The highest BCUT2D eigenvalue weighted by molar-refractivity contribution is 9.10. The predicted molar refractivity (Wildman–Crippen MR) is 76.2 cm³/mol. The molecule has 18 heavy (non-hydrogen) atoms. The largest absolute Gasteiger partial charge is 0.398 e. The number of nitrogens with zero attached hydrogens (tertiary/aromatic N) is 2. The Bertz CT molecular complexity index is 713. The van der Waals surface area contributed by atoms with Crippen LogP contribution < -0.4 is 5.73 Å². The molecule has 90 valence electrons. The summed E-state index contributed by atoms with van der Waals surface area (Å²) < 4.78 is 0.919. The zero-order chi connectivity index (χ0) is 12.7. The minimum atomic E-state index is 0.691. The van der Waals surface area contributed by atoms with Crippen molar-refractivity contribution in [2.75, 3.05) is 5.73 Å². The van der Waals surface area contributed by atoms with Gasteiger partial charge in [0.05, 0.1) is 5.52 Å². The van der Waals surface area contributed by atoms with E-state index in [1.807, 2.05) is 31.2 Å². The van der Waals surface area contributed by atoms with Gasteiger partial charge in [-0.05, 0) is 40.5 Å². The molecule has 0 fully saturated rings. The summed E-state index contributed by atoms with van der Waals surface area (Å²) in [5.74, 6) is 0.756. The van der Waals surface area contributed by atoms with Crippen LogP contribution in [0.2, 0.25) is 0 Å². The molecular weight excluding hydrogens is 292 g/mol. The van der Waals surface area contributed by atoms with Crippen LogP contribution in [0.1, 0.15) is 5.56 Å². The predicted octanol–water partition coefficient (Wildman–Crippen LogP) is 3.28. The van der Waals surface area contributed by atoms with Gasteiger partial charge in [0, 0.05) is 21.9 Å². The van der Waals surface area contributed by atoms with Crippen molar-refractivity contribution in [2.24, 2.45) is 0 Å². The van der Waals surface area contributed by atoms with Crippen LogP contribution in [0.5, 0.6) is 0 Å². The number of benzene rings is 1. The van der Waals surface area contributed by atoms with E-state index in [4.69, 9.17) is 5.73 Å². The zero-order valence-corrected chi connectivity index (χ0v) is 11.3. The van der Waals surface area contributed by atoms with Crippen molar-refractivity contribution in [1.29, 1.82) is 0 Å². The van der Waals surface area contributed by atoms with Crippen molar-refractivity contribution in [2.45, 2.75) is 6.92 Å². The third-order valence-corrected chi connectivity index (χ3v) is 3.28. The molecule has 4 nitrogen and oxygen atoms in total. The van der Waals surface area contributed by atoms with Gasteiger partial charge >= 0.3 is 0 Å². The van der Waals surface area contributed by atoms with Gasteiger partial charge in [0.1, 0.15) is 5.82 Å². The Balaban J connectivity index is 2.26. The van der Waals surface area contributed by atoms with Gasteiger partial charge in [-0.2, -0.15) is 0 Å². The third kappa shape index (κ3) is 1.76. The van der Waals surface area contributed by atoms with Crippen molar-refractivity contribution < 1.29 is 0 Å². The summed E-state index contributed by atoms with van der Waals surface area (Å²) in [5, 5.41) is 0. The van der Waals surface area contributed by atoms with E-state index < -0.39 is 0 Å². The Morgan fingerprint density at radius 1 is 1.33 bits per heavy atom. The average molecular weight is 303 g/mol. The number of rotatable bonds is 1. The number of aromatic nitrogens is 3. The number of H-pyrrole nitrogens is 1. The number of halogens is 1. The number of nitrogens with one attached hydrogen (secondary N) is 1. The molecule has 1 aromatic carbocycles. The van der Waals surface area contributed by atoms with E-state index in [9.17, 15) is 0 Å². The Morgan fingerprint density at radius 2 is 2.17 bits per heavy atom. The second-order valence-electron chi connectivity index (χ2n) is 4.15. The van der Waals surface area contributed by atoms with Crippen molar-refractivity contribution in [3.63, 3.8) is 0 Å². The molecule has 2 heterocycles. The summed E-state index contributed by atoms with van der Waals surface area (Å²) >= 11 is 3.39. The summed E-state index contributed by atoms with van der Waals surface area (Å²) in [7, 11) is 0. The Morgan fingerprint density at radius 3 is 2.94 bits per heavy atom. The van der Waals surface area contributed by atoms with E-state index in [-0.39, 0.29) is 0 Å². The lowest BCUT2D eigenvalue weighted by Gasteiger charge is -2.05. The first kappa shape index (κ1) is 11.2. The minimum absolute atomic E-state index is 0.691. The van der Waals surface area contributed by atoms with Crippen LogP contribution in [0.25, 0.3) is 22.6 Å². The van der Waals surface area contributed by atoms with E-state index in [1.54, 1.807) is 6.20 Å². The van der Waals surface area contributed by atoms with E-state index in [1.165, 1.54) is 0 Å². The maximum absolute atomic E-state index is 6.02. The highest BCUT2D eigenvalue weighted by atomic mass is 79.9. The molecule has 5 heteroatoms. The monoisotopic (exact) mass is 302 g/mol. The van der Waals surface area contributed by atoms with Gasteiger partial charge in [-0.15, -0.1) is 0 Å². The summed E-state index contributed by atoms with van der Waals surface area (Å²) in [5.41, 5.74) is 10.3. The molecule has 0 aliphatic rings. The maximum atomic E-state index is 6.02. The van der Waals surface area contributed by atoms with Gasteiger partial charge in [-0.25, -0.2) is 9.97 Å². The number of nitrogen functional groups attached to an aromatic ring is 1. The van der Waals surface area contributed by atoms with Gasteiger partial charge < -0.3 is 10.7 Å². The maximum Gasteiger partial charge on any atom is 0.178 e. The highest BCUT2D eigenvalue weighted by Crippen LogP contribution is 2.28. The second-order valence-corrected chi connectivity index (χ2v) is 5.06. The number of hydrogen-bond donors (Lipinski definition) is 2. The summed E-state index contributed by atoms with van der Waals surface area (Å²) in [6.07, 6.45) is 1.73. The van der Waals surface area contributed by atoms with E-state index in [2.05, 4.69) is 30.9 Å². The molecule has 3 rings (SSSR count). The summed E-state index contributed by atoms with van der Waals surface area (Å²) in [4.78, 5) is 12.0. The number of aromatic amines is 1. The fourth-order valence-electron chi connectivity index (χ4n) is 2.01. The quantitative estimate of drug-likeness (QED) is 0.678. The molecule has 0 aliphatic heterocycles. The summed E-state index contributed by atoms with van der Waals surface area (Å²) in [6, 6.07) is 7.78. The zero-order valence-electron chi connectivity index (χ0n) is 9.74. The second kappa shape index (κ2) is 4.10. The molecule has 0 spiro atoms. The summed E-state index contributed by atoms with van der Waals surface area (Å²) in [6.45, 7) is 2.02. The normalized spacial score (nSPS) is 11.0. The van der Waals surface area contributed by atoms with Crippen molar-refractivity contribution in [3.05, 3.63) is 40.5 Å². The van der Waals surface area contributed by atoms with Crippen LogP contribution in [-0.2, 0) is 0 Å². The number of hydrogen-bond acceptors (Lipinski definition) is 3. The first-order valence-electron chi connectivity index (χ1n) is 5.52. The number of fused-ring (bicyclic) bond motifs is 1. The van der Waals surface area contributed by atoms with Crippen LogP contribution in [0, 0.1) is 6.92 Å². The fraction of sp³-hybridized carbons (Fsp3) is 0.0769. The molecular formula is C13H11BrN4. The van der Waals surface area contributed by atoms with E-state index >= 15 is 0 Å². The highest BCUT2D eigenvalue weighted by Gasteiger charge is 2.11. The van der Waals surface area contributed by atoms with Gasteiger partial charge in [-0.3, -0.25) is 0 Å². The lowest BCUT2D eigenvalue weighted by molar-refractivity contribution is 1.28. The number of pyridine rings is 1. The van der Waals surface area contributed by atoms with Crippen LogP contribution in [0.4, 0.5) is 5.69 Å². The molecule has 0 saturated heterocycles. The molecule has 2 aromatic heterocycles. The topological polar surface area (TPSA) is 67.6 Å². The van der Waals surface area contributed by atoms with Gasteiger partial charge in [-0.1, -0.05) is 12.1 Å². The number of anilines is 1. The minimum Gasteiger partial charge on any atom is -0.398 e. The molecule has 0 amide bonds. The van der Waals surface area contributed by atoms with E-state index in [0.717, 1.165) is 26.9 Å². The molecule has 0 saturated carbocycles. The lowest BCUT2D eigenvalue weighted by Crippen LogP contribution is -1.93. The van der Waals surface area contributed by atoms with Crippen LogP contribution in [-0.4, -0.2) is 15.0 Å². The number of nitrogens with two attached hydrogens (primary N) is 1. The van der Waals surface area contributed by atoms with Gasteiger partial charge in [0.15, 0.2) is 5.65 Å². The lowest BCUT2D eigenvalue weighted by atomic mass is 10.1. The molecule has 0 bridgehead atoms. The van der Waals surface area contributed by atoms with Gasteiger partial charge in [0.2, 0.25) is 0 Å². The smallest absolute Gasteiger partial charge is 0.178 e. The van der Waals surface area contributed by atoms with Crippen molar-refractivity contribution >= 4 is 32.8 Å². The molecule has 3 N–H and O–H groups in total. The molecule has 0 radical (unpaired) electrons. The van der Waals surface area contributed by atoms with Crippen LogP contribution >= 0.6 is 15.9 Å². The third-order valence-electron chi connectivity index (χ3n) is 2.85. The fourth-order valence-corrected chi connectivity index (χ4v) is 2.34. The van der Waals surface area contributed by atoms with Crippen LogP contribution in [0.3, 0.4) is 0 Å². The van der Waals surface area contributed by atoms with E-state index in [0.29, 0.717) is 11.3 Å². The first-order valence-corrected chi connectivity index (χ1v) is 6.31. The standard InChI is InChI=1S/C13H11BrN4/c1-7-3-2-4-9(15)11(7)13-17-10-5-8(14)6-16-12(10)18-13/h2-6H,15H2,1H3,(H,16,17,18).